The quantitative estimate of drug-likeness (QED) is 0.869. The molecule has 22 heavy (non-hydrogen) atoms. The Morgan fingerprint density at radius 3 is 2.50 bits per heavy atom. The summed E-state index contributed by atoms with van der Waals surface area (Å²) in [7, 11) is 0. The molecule has 1 aromatic rings. The van der Waals surface area contributed by atoms with Gasteiger partial charge in [-0.3, -0.25) is 9.69 Å². The highest BCUT2D eigenvalue weighted by atomic mass is 16.4. The van der Waals surface area contributed by atoms with Gasteiger partial charge in [-0.15, -0.1) is 0 Å². The highest BCUT2D eigenvalue weighted by molar-refractivity contribution is 5.96. The summed E-state index contributed by atoms with van der Waals surface area (Å²) in [5.41, 5.74) is -1.13. The molecule has 1 aromatic heterocycles. The van der Waals surface area contributed by atoms with Crippen LogP contribution >= 0.6 is 0 Å². The van der Waals surface area contributed by atoms with Crippen molar-refractivity contribution in [2.45, 2.75) is 50.6 Å². The third kappa shape index (κ3) is 3.02. The summed E-state index contributed by atoms with van der Waals surface area (Å²) in [6.07, 6.45) is 5.02. The van der Waals surface area contributed by atoms with E-state index in [9.17, 15) is 14.7 Å². The van der Waals surface area contributed by atoms with E-state index >= 15 is 0 Å². The van der Waals surface area contributed by atoms with Crippen LogP contribution in [-0.2, 0) is 11.3 Å². The third-order valence-corrected chi connectivity index (χ3v) is 4.68. The van der Waals surface area contributed by atoms with Crippen molar-refractivity contribution in [3.63, 3.8) is 0 Å². The number of carboxylic acid groups (broad SMARTS) is 1. The Kier molecular flexibility index (Phi) is 4.20. The number of aliphatic carboxylic acids is 1. The van der Waals surface area contributed by atoms with E-state index in [2.05, 4.69) is 10.2 Å². The summed E-state index contributed by atoms with van der Waals surface area (Å²) in [4.78, 5) is 26.0. The Labute approximate surface area is 129 Å². The first-order valence-electron chi connectivity index (χ1n) is 7.96. The fourth-order valence-electron chi connectivity index (χ4n) is 3.40. The van der Waals surface area contributed by atoms with Gasteiger partial charge in [-0.05, 0) is 50.9 Å². The number of carboxylic acids is 1. The second kappa shape index (κ2) is 6.12. The number of hydrogen-bond donors (Lipinski definition) is 2. The van der Waals surface area contributed by atoms with Gasteiger partial charge in [0.1, 0.15) is 11.3 Å². The highest BCUT2D eigenvalue weighted by Gasteiger charge is 2.43. The molecule has 0 bridgehead atoms. The SMILES string of the molecule is O=C(NC1(C(=O)O)CCCC1)c1ccc(CN2CCCC2)o1. The normalized spacial score (nSPS) is 21.1. The number of likely N-dealkylation sites (tertiary alicyclic amines) is 1. The van der Waals surface area contributed by atoms with Crippen LogP contribution in [0.25, 0.3) is 0 Å². The van der Waals surface area contributed by atoms with Crippen LogP contribution in [0.3, 0.4) is 0 Å². The molecule has 2 N–H and O–H groups in total. The van der Waals surface area contributed by atoms with Gasteiger partial charge in [0, 0.05) is 0 Å². The van der Waals surface area contributed by atoms with Gasteiger partial charge in [0.15, 0.2) is 5.76 Å². The predicted molar refractivity (Wildman–Crippen MR) is 79.5 cm³/mol. The van der Waals surface area contributed by atoms with E-state index in [1.807, 2.05) is 0 Å². The van der Waals surface area contributed by atoms with Gasteiger partial charge in [0.25, 0.3) is 5.91 Å². The largest absolute Gasteiger partial charge is 0.480 e. The molecule has 1 aliphatic carbocycles. The summed E-state index contributed by atoms with van der Waals surface area (Å²) in [5, 5.41) is 12.1. The number of nitrogens with one attached hydrogen (secondary N) is 1. The molecule has 6 nitrogen and oxygen atoms in total. The molecule has 0 spiro atoms. The van der Waals surface area contributed by atoms with Crippen LogP contribution in [0, 0.1) is 0 Å². The van der Waals surface area contributed by atoms with Crippen molar-refractivity contribution < 1.29 is 19.1 Å². The van der Waals surface area contributed by atoms with E-state index in [-0.39, 0.29) is 5.76 Å². The second-order valence-corrected chi connectivity index (χ2v) is 6.30. The van der Waals surface area contributed by atoms with E-state index in [1.54, 1.807) is 12.1 Å². The lowest BCUT2D eigenvalue weighted by Gasteiger charge is -2.24. The van der Waals surface area contributed by atoms with E-state index < -0.39 is 17.4 Å². The van der Waals surface area contributed by atoms with Crippen molar-refractivity contribution in [1.29, 1.82) is 0 Å². The first-order valence-corrected chi connectivity index (χ1v) is 7.96. The Balaban J connectivity index is 1.64. The van der Waals surface area contributed by atoms with Crippen LogP contribution in [0.4, 0.5) is 0 Å². The molecule has 1 saturated carbocycles. The maximum atomic E-state index is 12.3. The average molecular weight is 306 g/mol. The molecule has 0 atom stereocenters. The predicted octanol–water partition coefficient (Wildman–Crippen LogP) is 2.00. The molecular formula is C16H22N2O4. The zero-order valence-electron chi connectivity index (χ0n) is 12.6. The third-order valence-electron chi connectivity index (χ3n) is 4.68. The number of nitrogens with zero attached hydrogens (tertiary/aromatic N) is 1. The minimum atomic E-state index is -1.13. The van der Waals surface area contributed by atoms with Crippen LogP contribution in [0.15, 0.2) is 16.5 Å². The zero-order chi connectivity index (χ0) is 15.6. The standard InChI is InChI=1S/C16H22N2O4/c19-14(17-16(15(20)21)7-1-2-8-16)13-6-5-12(22-13)11-18-9-3-4-10-18/h5-6H,1-4,7-11H2,(H,17,19)(H,20,21). The van der Waals surface area contributed by atoms with Gasteiger partial charge in [0.2, 0.25) is 0 Å². The fraction of sp³-hybridized carbons (Fsp3) is 0.625. The van der Waals surface area contributed by atoms with E-state index in [1.165, 1.54) is 12.8 Å². The Bertz CT molecular complexity index is 554. The van der Waals surface area contributed by atoms with Gasteiger partial charge in [-0.2, -0.15) is 0 Å². The number of rotatable bonds is 5. The minimum Gasteiger partial charge on any atom is -0.480 e. The van der Waals surface area contributed by atoms with Crippen molar-refractivity contribution in [1.82, 2.24) is 10.2 Å². The Morgan fingerprint density at radius 1 is 1.18 bits per heavy atom. The summed E-state index contributed by atoms with van der Waals surface area (Å²) in [6, 6.07) is 3.43. The minimum absolute atomic E-state index is 0.196. The Morgan fingerprint density at radius 2 is 1.86 bits per heavy atom. The molecule has 2 heterocycles. The zero-order valence-corrected chi connectivity index (χ0v) is 12.6. The van der Waals surface area contributed by atoms with Crippen LogP contribution in [-0.4, -0.2) is 40.5 Å². The molecule has 0 radical (unpaired) electrons. The van der Waals surface area contributed by atoms with Gasteiger partial charge < -0.3 is 14.8 Å². The number of carbonyl (C=O) groups is 2. The number of furan rings is 1. The highest BCUT2D eigenvalue weighted by Crippen LogP contribution is 2.30. The van der Waals surface area contributed by atoms with Gasteiger partial charge >= 0.3 is 5.97 Å². The van der Waals surface area contributed by atoms with Gasteiger partial charge in [-0.1, -0.05) is 12.8 Å². The van der Waals surface area contributed by atoms with Crippen molar-refractivity contribution >= 4 is 11.9 Å². The first-order chi connectivity index (χ1) is 10.6. The number of hydrogen-bond acceptors (Lipinski definition) is 4. The lowest BCUT2D eigenvalue weighted by atomic mass is 9.98. The second-order valence-electron chi connectivity index (χ2n) is 6.30. The molecular weight excluding hydrogens is 284 g/mol. The van der Waals surface area contributed by atoms with Gasteiger partial charge in [-0.25, -0.2) is 4.79 Å². The molecule has 1 saturated heterocycles. The van der Waals surface area contributed by atoms with Crippen LogP contribution in [0.1, 0.15) is 54.8 Å². The van der Waals surface area contributed by atoms with Crippen LogP contribution in [0.5, 0.6) is 0 Å². The molecule has 2 aliphatic rings. The van der Waals surface area contributed by atoms with Crippen molar-refractivity contribution in [2.24, 2.45) is 0 Å². The molecule has 6 heteroatoms. The average Bonchev–Trinajstić information content (AvgIpc) is 3.20. The number of amides is 1. The van der Waals surface area contributed by atoms with Crippen molar-refractivity contribution in [3.05, 3.63) is 23.7 Å². The van der Waals surface area contributed by atoms with E-state index in [0.29, 0.717) is 19.4 Å². The molecule has 0 aromatic carbocycles. The molecule has 2 fully saturated rings. The fourth-order valence-corrected chi connectivity index (χ4v) is 3.40. The first kappa shape index (κ1) is 15.1. The lowest BCUT2D eigenvalue weighted by molar-refractivity contribution is -0.144. The molecule has 1 aliphatic heterocycles. The monoisotopic (exact) mass is 306 g/mol. The van der Waals surface area contributed by atoms with Crippen molar-refractivity contribution in [2.75, 3.05) is 13.1 Å². The molecule has 3 rings (SSSR count). The summed E-state index contributed by atoms with van der Waals surface area (Å²) >= 11 is 0. The molecule has 120 valence electrons. The summed E-state index contributed by atoms with van der Waals surface area (Å²) in [5.74, 6) is -0.441. The van der Waals surface area contributed by atoms with E-state index in [0.717, 1.165) is 31.7 Å². The Hall–Kier alpha value is -1.82. The van der Waals surface area contributed by atoms with E-state index in [4.69, 9.17) is 4.42 Å². The summed E-state index contributed by atoms with van der Waals surface area (Å²) < 4.78 is 5.60. The maximum Gasteiger partial charge on any atom is 0.329 e. The lowest BCUT2D eigenvalue weighted by Crippen LogP contribution is -2.52. The maximum absolute atomic E-state index is 12.3. The smallest absolute Gasteiger partial charge is 0.329 e. The van der Waals surface area contributed by atoms with Crippen LogP contribution in [0.2, 0.25) is 0 Å². The van der Waals surface area contributed by atoms with Gasteiger partial charge in [0.05, 0.1) is 6.54 Å². The molecule has 0 unspecified atom stereocenters. The van der Waals surface area contributed by atoms with Crippen molar-refractivity contribution in [3.8, 4) is 0 Å². The summed E-state index contributed by atoms with van der Waals surface area (Å²) in [6.45, 7) is 2.83. The topological polar surface area (TPSA) is 82.8 Å². The molecule has 1 amide bonds. The number of carbonyl (C=O) groups excluding carboxylic acids is 1. The van der Waals surface area contributed by atoms with Crippen LogP contribution < -0.4 is 5.32 Å².